The molecule has 0 aromatic heterocycles. The number of benzene rings is 2. The van der Waals surface area contributed by atoms with E-state index in [0.29, 0.717) is 5.75 Å². The first-order chi connectivity index (χ1) is 8.61. The van der Waals surface area contributed by atoms with Crippen molar-refractivity contribution in [3.63, 3.8) is 0 Å². The van der Waals surface area contributed by atoms with Gasteiger partial charge in [0.15, 0.2) is 0 Å². The van der Waals surface area contributed by atoms with E-state index >= 15 is 0 Å². The highest BCUT2D eigenvalue weighted by Gasteiger charge is 2.10. The minimum absolute atomic E-state index is 0.0675. The molecule has 1 N–H and O–H groups in total. The average Bonchev–Trinajstić information content (AvgIpc) is 2.34. The predicted octanol–water partition coefficient (Wildman–Crippen LogP) is 4.01. The molecule has 0 amide bonds. The molecule has 0 unspecified atom stereocenters. The molecule has 0 fully saturated rings. The number of aliphatic hydroxyl groups excluding tert-OH is 1. The summed E-state index contributed by atoms with van der Waals surface area (Å²) in [5.74, 6) is -0.403. The molecule has 0 heterocycles. The molecule has 2 aromatic carbocycles. The van der Waals surface area contributed by atoms with E-state index in [1.807, 2.05) is 0 Å². The highest BCUT2D eigenvalue weighted by molar-refractivity contribution is 9.10. The van der Waals surface area contributed by atoms with E-state index < -0.39 is 18.2 Å². The van der Waals surface area contributed by atoms with Gasteiger partial charge in [-0.25, -0.2) is 8.78 Å². The van der Waals surface area contributed by atoms with Crippen LogP contribution >= 0.6 is 15.9 Å². The van der Waals surface area contributed by atoms with Crippen molar-refractivity contribution in [1.29, 1.82) is 0 Å². The standard InChI is InChI=1S/C13H9BrF2O2/c14-10-6-8(4-5-12(10)16)18-13-3-1-2-11(15)9(13)7-17/h1-6,17H,7H2. The van der Waals surface area contributed by atoms with Gasteiger partial charge in [0.05, 0.1) is 16.6 Å². The monoisotopic (exact) mass is 314 g/mol. The van der Waals surface area contributed by atoms with Crippen molar-refractivity contribution in [2.24, 2.45) is 0 Å². The number of halogens is 3. The average molecular weight is 315 g/mol. The SMILES string of the molecule is OCc1c(F)cccc1Oc1ccc(F)c(Br)c1. The Bertz CT molecular complexity index is 573. The van der Waals surface area contributed by atoms with Crippen molar-refractivity contribution in [3.8, 4) is 11.5 Å². The molecule has 0 aliphatic heterocycles. The van der Waals surface area contributed by atoms with Gasteiger partial charge in [-0.2, -0.15) is 0 Å². The van der Waals surface area contributed by atoms with Crippen LogP contribution in [0.4, 0.5) is 8.78 Å². The van der Waals surface area contributed by atoms with Gasteiger partial charge in [0.2, 0.25) is 0 Å². The fourth-order valence-electron chi connectivity index (χ4n) is 1.46. The molecule has 0 saturated heterocycles. The molecule has 0 saturated carbocycles. The van der Waals surface area contributed by atoms with Crippen molar-refractivity contribution < 1.29 is 18.6 Å². The molecule has 2 nitrogen and oxygen atoms in total. The Morgan fingerprint density at radius 1 is 1.11 bits per heavy atom. The number of hydrogen-bond acceptors (Lipinski definition) is 2. The molecular weight excluding hydrogens is 306 g/mol. The lowest BCUT2D eigenvalue weighted by atomic mass is 10.2. The summed E-state index contributed by atoms with van der Waals surface area (Å²) in [5.41, 5.74) is 0.0675. The fraction of sp³-hybridized carbons (Fsp3) is 0.0769. The van der Waals surface area contributed by atoms with Crippen LogP contribution in [0.2, 0.25) is 0 Å². The van der Waals surface area contributed by atoms with Gasteiger partial charge in [0.25, 0.3) is 0 Å². The van der Waals surface area contributed by atoms with Gasteiger partial charge in [-0.15, -0.1) is 0 Å². The smallest absolute Gasteiger partial charge is 0.137 e. The second-order valence-electron chi connectivity index (χ2n) is 3.55. The van der Waals surface area contributed by atoms with E-state index in [1.54, 1.807) is 0 Å². The Morgan fingerprint density at radius 3 is 2.56 bits per heavy atom. The second kappa shape index (κ2) is 5.46. The first kappa shape index (κ1) is 13.0. The predicted molar refractivity (Wildman–Crippen MR) is 66.5 cm³/mol. The first-order valence-corrected chi connectivity index (χ1v) is 5.92. The zero-order valence-corrected chi connectivity index (χ0v) is 10.7. The van der Waals surface area contributed by atoms with E-state index in [0.717, 1.165) is 0 Å². The minimum atomic E-state index is -0.545. The van der Waals surface area contributed by atoms with Crippen LogP contribution in [0.5, 0.6) is 11.5 Å². The van der Waals surface area contributed by atoms with Crippen molar-refractivity contribution in [1.82, 2.24) is 0 Å². The summed E-state index contributed by atoms with van der Waals surface area (Å²) in [4.78, 5) is 0. The molecule has 2 aromatic rings. The third-order valence-electron chi connectivity index (χ3n) is 2.35. The third-order valence-corrected chi connectivity index (χ3v) is 2.96. The van der Waals surface area contributed by atoms with Crippen molar-refractivity contribution in [3.05, 3.63) is 58.1 Å². The summed E-state index contributed by atoms with van der Waals surface area (Å²) in [5, 5.41) is 9.09. The molecular formula is C13H9BrF2O2. The Morgan fingerprint density at radius 2 is 1.89 bits per heavy atom. The maximum atomic E-state index is 13.4. The van der Waals surface area contributed by atoms with E-state index in [9.17, 15) is 8.78 Å². The molecule has 0 bridgehead atoms. The summed E-state index contributed by atoms with van der Waals surface area (Å²) in [6.45, 7) is -0.468. The molecule has 0 atom stereocenters. The van der Waals surface area contributed by atoms with Gasteiger partial charge in [0, 0.05) is 0 Å². The van der Waals surface area contributed by atoms with E-state index in [2.05, 4.69) is 15.9 Å². The molecule has 2 rings (SSSR count). The van der Waals surface area contributed by atoms with Gasteiger partial charge in [-0.3, -0.25) is 0 Å². The van der Waals surface area contributed by atoms with Crippen molar-refractivity contribution in [2.45, 2.75) is 6.61 Å². The summed E-state index contributed by atoms with van der Waals surface area (Å²) >= 11 is 3.03. The molecule has 5 heteroatoms. The number of aliphatic hydroxyl groups is 1. The number of ether oxygens (including phenoxy) is 1. The van der Waals surface area contributed by atoms with Crippen LogP contribution in [-0.2, 0) is 6.61 Å². The molecule has 0 aliphatic carbocycles. The van der Waals surface area contributed by atoms with Crippen molar-refractivity contribution in [2.75, 3.05) is 0 Å². The second-order valence-corrected chi connectivity index (χ2v) is 4.41. The number of hydrogen-bond donors (Lipinski definition) is 1. The van der Waals surface area contributed by atoms with Gasteiger partial charge in [-0.05, 0) is 46.3 Å². The maximum Gasteiger partial charge on any atom is 0.137 e. The number of rotatable bonds is 3. The fourth-order valence-corrected chi connectivity index (χ4v) is 1.81. The minimum Gasteiger partial charge on any atom is -0.457 e. The topological polar surface area (TPSA) is 29.5 Å². The van der Waals surface area contributed by atoms with E-state index in [4.69, 9.17) is 9.84 Å². The first-order valence-electron chi connectivity index (χ1n) is 5.13. The quantitative estimate of drug-likeness (QED) is 0.927. The zero-order chi connectivity index (χ0) is 13.1. The highest BCUT2D eigenvalue weighted by atomic mass is 79.9. The van der Waals surface area contributed by atoms with E-state index in [1.165, 1.54) is 36.4 Å². The van der Waals surface area contributed by atoms with Crippen LogP contribution < -0.4 is 4.74 Å². The van der Waals surface area contributed by atoms with Gasteiger partial charge < -0.3 is 9.84 Å². The van der Waals surface area contributed by atoms with Crippen LogP contribution in [0.15, 0.2) is 40.9 Å². The maximum absolute atomic E-state index is 13.4. The highest BCUT2D eigenvalue weighted by Crippen LogP contribution is 2.29. The third kappa shape index (κ3) is 2.68. The largest absolute Gasteiger partial charge is 0.457 e. The lowest BCUT2D eigenvalue weighted by Crippen LogP contribution is -1.95. The lowest BCUT2D eigenvalue weighted by Gasteiger charge is -2.10. The van der Waals surface area contributed by atoms with E-state index in [-0.39, 0.29) is 15.8 Å². The summed E-state index contributed by atoms with van der Waals surface area (Å²) in [6, 6.07) is 8.33. The summed E-state index contributed by atoms with van der Waals surface area (Å²) < 4.78 is 32.1. The van der Waals surface area contributed by atoms with Gasteiger partial charge in [0.1, 0.15) is 23.1 Å². The Labute approximate surface area is 111 Å². The van der Waals surface area contributed by atoms with Crippen LogP contribution in [-0.4, -0.2) is 5.11 Å². The van der Waals surface area contributed by atoms with Crippen LogP contribution in [0.3, 0.4) is 0 Å². The van der Waals surface area contributed by atoms with Crippen LogP contribution in [0.25, 0.3) is 0 Å². The Hall–Kier alpha value is -1.46. The van der Waals surface area contributed by atoms with Gasteiger partial charge >= 0.3 is 0 Å². The molecule has 18 heavy (non-hydrogen) atoms. The molecule has 94 valence electrons. The van der Waals surface area contributed by atoms with Gasteiger partial charge in [-0.1, -0.05) is 6.07 Å². The van der Waals surface area contributed by atoms with Crippen molar-refractivity contribution >= 4 is 15.9 Å². The molecule has 0 spiro atoms. The zero-order valence-electron chi connectivity index (χ0n) is 9.16. The summed E-state index contributed by atoms with van der Waals surface area (Å²) in [7, 11) is 0. The van der Waals surface area contributed by atoms with Crippen LogP contribution in [0, 0.1) is 11.6 Å². The summed E-state index contributed by atoms with van der Waals surface area (Å²) in [6.07, 6.45) is 0. The molecule has 0 aliphatic rings. The Balaban J connectivity index is 2.34. The Kier molecular flexibility index (Phi) is 3.93. The normalized spacial score (nSPS) is 10.4. The lowest BCUT2D eigenvalue weighted by molar-refractivity contribution is 0.270. The van der Waals surface area contributed by atoms with Crippen LogP contribution in [0.1, 0.15) is 5.56 Å². The molecule has 0 radical (unpaired) electrons.